The molecule has 0 nitrogen and oxygen atoms in total. The molecule has 20 heavy (non-hydrogen) atoms. The summed E-state index contributed by atoms with van der Waals surface area (Å²) in [7, 11) is 0. The van der Waals surface area contributed by atoms with Crippen LogP contribution in [0.1, 0.15) is 121 Å². The highest BCUT2D eigenvalue weighted by Gasteiger charge is 2.26. The molecule has 0 bridgehead atoms. The van der Waals surface area contributed by atoms with Gasteiger partial charge in [0.25, 0.3) is 0 Å². The van der Waals surface area contributed by atoms with Crippen molar-refractivity contribution in [2.45, 2.75) is 121 Å². The van der Waals surface area contributed by atoms with Gasteiger partial charge in [0.05, 0.1) is 0 Å². The zero-order valence-corrected chi connectivity index (χ0v) is 16.8. The summed E-state index contributed by atoms with van der Waals surface area (Å²) in [5, 5.41) is 0. The van der Waals surface area contributed by atoms with E-state index in [9.17, 15) is 0 Å². The molecular weight excluding hydrogens is 240 g/mol. The van der Waals surface area contributed by atoms with E-state index < -0.39 is 0 Å². The van der Waals surface area contributed by atoms with E-state index in [1.807, 2.05) is 69.2 Å². The van der Waals surface area contributed by atoms with Gasteiger partial charge in [0.2, 0.25) is 0 Å². The van der Waals surface area contributed by atoms with Crippen molar-refractivity contribution in [1.29, 1.82) is 0 Å². The monoisotopic (exact) mass is 288 g/mol. The average molecular weight is 289 g/mol. The third-order valence-electron chi connectivity index (χ3n) is 3.47. The second-order valence-corrected chi connectivity index (χ2v) is 4.09. The highest BCUT2D eigenvalue weighted by atomic mass is 14.3. The molecule has 128 valence electrons. The first-order valence-electron chi connectivity index (χ1n) is 9.97. The van der Waals surface area contributed by atoms with Gasteiger partial charge in [-0.25, -0.2) is 0 Å². The molecule has 2 aliphatic rings. The van der Waals surface area contributed by atoms with E-state index in [1.54, 1.807) is 25.7 Å². The fourth-order valence-corrected chi connectivity index (χ4v) is 2.86. The first-order chi connectivity index (χ1) is 9.97. The highest BCUT2D eigenvalue weighted by Crippen LogP contribution is 2.39. The van der Waals surface area contributed by atoms with Crippen LogP contribution in [0.3, 0.4) is 0 Å². The molecule has 2 fully saturated rings. The summed E-state index contributed by atoms with van der Waals surface area (Å²) in [6.45, 7) is 20.0. The van der Waals surface area contributed by atoms with Crippen molar-refractivity contribution >= 4 is 0 Å². The first-order valence-corrected chi connectivity index (χ1v) is 9.97. The summed E-state index contributed by atoms with van der Waals surface area (Å²) in [5.74, 6) is 2.31. The Morgan fingerprint density at radius 2 is 0.500 bits per heavy atom. The van der Waals surface area contributed by atoms with E-state index in [-0.39, 0.29) is 0 Å². The maximum atomic E-state index is 2.00. The van der Waals surface area contributed by atoms with E-state index in [0.717, 1.165) is 11.8 Å². The highest BCUT2D eigenvalue weighted by molar-refractivity contribution is 4.78. The van der Waals surface area contributed by atoms with Gasteiger partial charge >= 0.3 is 0 Å². The van der Waals surface area contributed by atoms with Crippen molar-refractivity contribution in [3.63, 3.8) is 0 Å². The summed E-state index contributed by atoms with van der Waals surface area (Å²) < 4.78 is 0. The van der Waals surface area contributed by atoms with Crippen LogP contribution in [0.4, 0.5) is 0 Å². The van der Waals surface area contributed by atoms with Gasteiger partial charge in [0, 0.05) is 0 Å². The largest absolute Gasteiger partial charge is 0.0683 e. The van der Waals surface area contributed by atoms with Gasteiger partial charge in [0.1, 0.15) is 0 Å². The lowest BCUT2D eigenvalue weighted by molar-refractivity contribution is 0.171. The Morgan fingerprint density at radius 3 is 0.650 bits per heavy atom. The van der Waals surface area contributed by atoms with Gasteiger partial charge in [-0.1, -0.05) is 121 Å². The van der Waals surface area contributed by atoms with Gasteiger partial charge in [-0.2, -0.15) is 0 Å². The van der Waals surface area contributed by atoms with E-state index in [1.165, 1.54) is 25.7 Å². The zero-order valence-electron chi connectivity index (χ0n) is 16.8. The number of hydrogen-bond donors (Lipinski definition) is 0. The minimum absolute atomic E-state index is 1.16. The molecule has 0 amide bonds. The second kappa shape index (κ2) is 31.4. The van der Waals surface area contributed by atoms with Crippen LogP contribution in [0, 0.1) is 11.8 Å². The Hall–Kier alpha value is 0. The van der Waals surface area contributed by atoms with Crippen LogP contribution in [0.2, 0.25) is 0 Å². The molecule has 2 aliphatic carbocycles. The third kappa shape index (κ3) is 16.1. The summed E-state index contributed by atoms with van der Waals surface area (Å²) in [4.78, 5) is 0. The second-order valence-electron chi connectivity index (χ2n) is 4.09. The fraction of sp³-hybridized carbons (Fsp3) is 1.00. The predicted octanol–water partition coefficient (Wildman–Crippen LogP) is 8.50. The van der Waals surface area contributed by atoms with Crippen molar-refractivity contribution in [3.8, 4) is 0 Å². The standard InChI is InChI=1S/C10H18.5C2H6/c1-2-6-10-8-4-3-7-9(10)5-1;5*1-2/h9-10H,1-8H2;5*1-2H3. The van der Waals surface area contributed by atoms with Gasteiger partial charge in [-0.15, -0.1) is 0 Å². The Balaban J connectivity index is -0.000000110. The zero-order chi connectivity index (χ0) is 16.8. The van der Waals surface area contributed by atoms with Crippen molar-refractivity contribution in [1.82, 2.24) is 0 Å². The molecule has 0 aromatic heterocycles. The normalized spacial score (nSPS) is 21.9. The molecule has 0 radical (unpaired) electrons. The molecule has 0 spiro atoms. The summed E-state index contributed by atoms with van der Waals surface area (Å²) >= 11 is 0. The van der Waals surface area contributed by atoms with E-state index in [4.69, 9.17) is 0 Å². The lowest BCUT2D eigenvalue weighted by atomic mass is 9.71. The molecule has 0 aromatic rings. The molecule has 0 heteroatoms. The molecule has 0 aromatic carbocycles. The van der Waals surface area contributed by atoms with Gasteiger partial charge in [-0.3, -0.25) is 0 Å². The molecule has 2 rings (SSSR count). The van der Waals surface area contributed by atoms with Crippen molar-refractivity contribution < 1.29 is 0 Å². The average Bonchev–Trinajstić information content (AvgIpc) is 2.64. The van der Waals surface area contributed by atoms with Crippen LogP contribution in [0.25, 0.3) is 0 Å². The Kier molecular flexibility index (Phi) is 44.3. The third-order valence-corrected chi connectivity index (χ3v) is 3.47. The molecule has 2 saturated carbocycles. The number of hydrogen-bond acceptors (Lipinski definition) is 0. The van der Waals surface area contributed by atoms with E-state index >= 15 is 0 Å². The number of rotatable bonds is 0. The lowest BCUT2D eigenvalue weighted by Gasteiger charge is -2.35. The van der Waals surface area contributed by atoms with Crippen molar-refractivity contribution in [2.24, 2.45) is 11.8 Å². The predicted molar refractivity (Wildman–Crippen MR) is 101 cm³/mol. The van der Waals surface area contributed by atoms with Crippen LogP contribution in [-0.4, -0.2) is 0 Å². The minimum Gasteiger partial charge on any atom is -0.0683 e. The maximum absolute atomic E-state index is 2.00. The van der Waals surface area contributed by atoms with Crippen LogP contribution in [0.5, 0.6) is 0 Å². The molecule has 0 heterocycles. The topological polar surface area (TPSA) is 0 Å². The van der Waals surface area contributed by atoms with Crippen LogP contribution in [0.15, 0.2) is 0 Å². The molecule has 0 unspecified atom stereocenters. The van der Waals surface area contributed by atoms with Crippen LogP contribution < -0.4 is 0 Å². The molecule has 0 atom stereocenters. The fourth-order valence-electron chi connectivity index (χ4n) is 2.86. The molecular formula is C20H48. The van der Waals surface area contributed by atoms with Gasteiger partial charge < -0.3 is 0 Å². The van der Waals surface area contributed by atoms with Crippen LogP contribution >= 0.6 is 0 Å². The number of fused-ring (bicyclic) bond motifs is 1. The van der Waals surface area contributed by atoms with E-state index in [2.05, 4.69) is 0 Å². The lowest BCUT2D eigenvalue weighted by Crippen LogP contribution is -2.22. The smallest absolute Gasteiger partial charge is 0.0386 e. The SMILES string of the molecule is C1CCC2CCCCC2C1.CC.CC.CC.CC.CC. The van der Waals surface area contributed by atoms with Crippen molar-refractivity contribution in [2.75, 3.05) is 0 Å². The van der Waals surface area contributed by atoms with Crippen molar-refractivity contribution in [3.05, 3.63) is 0 Å². The van der Waals surface area contributed by atoms with Gasteiger partial charge in [0.15, 0.2) is 0 Å². The summed E-state index contributed by atoms with van der Waals surface area (Å²) in [6.07, 6.45) is 12.4. The Labute approximate surface area is 133 Å². The molecule has 0 aliphatic heterocycles. The summed E-state index contributed by atoms with van der Waals surface area (Å²) in [6, 6.07) is 0. The summed E-state index contributed by atoms with van der Waals surface area (Å²) in [5.41, 5.74) is 0. The Morgan fingerprint density at radius 1 is 0.350 bits per heavy atom. The molecule has 0 saturated heterocycles. The quantitative estimate of drug-likeness (QED) is 0.419. The van der Waals surface area contributed by atoms with Gasteiger partial charge in [-0.05, 0) is 11.8 Å². The molecule has 0 N–H and O–H groups in total. The first kappa shape index (κ1) is 28.2. The van der Waals surface area contributed by atoms with Crippen LogP contribution in [-0.2, 0) is 0 Å². The maximum Gasteiger partial charge on any atom is -0.0386 e. The Bertz CT molecular complexity index is 80.6. The van der Waals surface area contributed by atoms with E-state index in [0.29, 0.717) is 0 Å². The minimum atomic E-state index is 1.16.